The lowest BCUT2D eigenvalue weighted by atomic mass is 10.1. The van der Waals surface area contributed by atoms with E-state index in [0.29, 0.717) is 23.1 Å². The molecule has 0 aromatic heterocycles. The molecular formula is C26H28FN5O10S3. The Labute approximate surface area is 261 Å². The third-order valence-corrected chi connectivity index (χ3v) is 9.45. The number of halogens is 1. The molecule has 2 unspecified atom stereocenters. The number of hydrogen-bond donors (Lipinski definition) is 3. The summed E-state index contributed by atoms with van der Waals surface area (Å²) >= 11 is 0.879. The fourth-order valence-corrected chi connectivity index (χ4v) is 6.97. The molecule has 242 valence electrons. The summed E-state index contributed by atoms with van der Waals surface area (Å²) in [4.78, 5) is 33.4. The molecule has 0 fully saturated rings. The number of rotatable bonds is 13. The van der Waals surface area contributed by atoms with Crippen LogP contribution in [-0.2, 0) is 29.6 Å². The summed E-state index contributed by atoms with van der Waals surface area (Å²) in [6.07, 6.45) is -0.581. The number of ether oxygens (including phenoxy) is 1. The van der Waals surface area contributed by atoms with Crippen LogP contribution in [0.1, 0.15) is 27.2 Å². The summed E-state index contributed by atoms with van der Waals surface area (Å²) in [5, 5.41) is 29.7. The van der Waals surface area contributed by atoms with Gasteiger partial charge in [-0.25, -0.2) is 22.0 Å². The molecule has 45 heavy (non-hydrogen) atoms. The van der Waals surface area contributed by atoms with Crippen molar-refractivity contribution in [3.05, 3.63) is 92.8 Å². The average molecular weight is 686 g/mol. The number of thioether (sulfide) groups is 1. The molecule has 0 aliphatic carbocycles. The number of esters is 1. The van der Waals surface area contributed by atoms with E-state index in [9.17, 15) is 46.2 Å². The molecule has 0 aliphatic rings. The second-order valence-corrected chi connectivity index (χ2v) is 14.9. The van der Waals surface area contributed by atoms with Gasteiger partial charge in [-0.05, 0) is 57.2 Å². The lowest BCUT2D eigenvalue weighted by Crippen LogP contribution is -2.46. The summed E-state index contributed by atoms with van der Waals surface area (Å²) in [6, 6.07) is 11.5. The minimum atomic E-state index is -4.68. The highest BCUT2D eigenvalue weighted by atomic mass is 32.2. The zero-order valence-electron chi connectivity index (χ0n) is 23.9. The van der Waals surface area contributed by atoms with Crippen LogP contribution in [-0.4, -0.2) is 49.7 Å². The molecule has 0 saturated heterocycles. The molecule has 2 atom stereocenters. The van der Waals surface area contributed by atoms with Gasteiger partial charge in [-0.15, -0.1) is 11.8 Å². The van der Waals surface area contributed by atoms with Gasteiger partial charge in [0, 0.05) is 17.0 Å². The van der Waals surface area contributed by atoms with Crippen LogP contribution in [0.2, 0.25) is 0 Å². The Kier molecular flexibility index (Phi) is 10.9. The highest BCUT2D eigenvalue weighted by Gasteiger charge is 2.34. The van der Waals surface area contributed by atoms with Crippen molar-refractivity contribution in [3.63, 3.8) is 0 Å². The zero-order chi connectivity index (χ0) is 33.7. The van der Waals surface area contributed by atoms with Gasteiger partial charge in [-0.1, -0.05) is 18.2 Å². The van der Waals surface area contributed by atoms with Gasteiger partial charge in [0.2, 0.25) is 25.9 Å². The Hall–Kier alpha value is -4.17. The minimum absolute atomic E-state index is 0.295. The zero-order valence-corrected chi connectivity index (χ0v) is 26.3. The van der Waals surface area contributed by atoms with Crippen LogP contribution in [0.4, 0.5) is 21.5 Å². The van der Waals surface area contributed by atoms with Gasteiger partial charge in [0.05, 0.1) is 37.5 Å². The molecular weight excluding hydrogens is 658 g/mol. The number of hydrogen-bond acceptors (Lipinski definition) is 12. The summed E-state index contributed by atoms with van der Waals surface area (Å²) in [7, 11) is -9.02. The third-order valence-electron chi connectivity index (χ3n) is 5.71. The molecule has 3 aromatic carbocycles. The maximum atomic E-state index is 14.0. The molecule has 3 aromatic rings. The minimum Gasteiger partial charge on any atom is -0.460 e. The van der Waals surface area contributed by atoms with Gasteiger partial charge < -0.3 is 10.1 Å². The molecule has 0 spiro atoms. The number of nitro groups is 2. The third kappa shape index (κ3) is 9.91. The SMILES string of the molecule is CC(C)(C)OC(=O)CC(Nc1ccc(S(N)(=O)=O)cc1[N+](=O)[O-])C(NS(=O)(=O)c1ccc(F)c([N+](=O)[O-])c1)Sc1ccccc1. The summed E-state index contributed by atoms with van der Waals surface area (Å²) < 4.78 is 72.5. The fraction of sp³-hybridized carbons (Fsp3) is 0.269. The van der Waals surface area contributed by atoms with Crippen LogP contribution in [0.5, 0.6) is 0 Å². The van der Waals surface area contributed by atoms with Crippen LogP contribution < -0.4 is 15.2 Å². The van der Waals surface area contributed by atoms with Gasteiger partial charge >= 0.3 is 11.7 Å². The largest absolute Gasteiger partial charge is 0.460 e. The van der Waals surface area contributed by atoms with E-state index in [2.05, 4.69) is 10.0 Å². The van der Waals surface area contributed by atoms with E-state index in [0.717, 1.165) is 30.0 Å². The molecule has 19 heteroatoms. The first-order valence-corrected chi connectivity index (χ1v) is 16.7. The molecule has 3 rings (SSSR count). The number of anilines is 1. The molecule has 4 N–H and O–H groups in total. The van der Waals surface area contributed by atoms with Crippen molar-refractivity contribution in [2.75, 3.05) is 5.32 Å². The number of benzene rings is 3. The first kappa shape index (κ1) is 35.3. The quantitative estimate of drug-likeness (QED) is 0.0765. The van der Waals surface area contributed by atoms with Crippen LogP contribution >= 0.6 is 11.8 Å². The number of nitrogens with one attached hydrogen (secondary N) is 2. The van der Waals surface area contributed by atoms with Crippen molar-refractivity contribution < 1.29 is 40.6 Å². The maximum Gasteiger partial charge on any atom is 0.308 e. The summed E-state index contributed by atoms with van der Waals surface area (Å²) in [5.74, 6) is -2.10. The van der Waals surface area contributed by atoms with E-state index in [-0.39, 0.29) is 5.69 Å². The first-order chi connectivity index (χ1) is 20.8. The average Bonchev–Trinajstić information content (AvgIpc) is 2.91. The summed E-state index contributed by atoms with van der Waals surface area (Å²) in [5.41, 5.74) is -3.12. The Morgan fingerprint density at radius 1 is 0.956 bits per heavy atom. The van der Waals surface area contributed by atoms with Crippen LogP contribution in [0.15, 0.2) is 81.4 Å². The first-order valence-electron chi connectivity index (χ1n) is 12.7. The smallest absolute Gasteiger partial charge is 0.308 e. The monoisotopic (exact) mass is 685 g/mol. The number of carbonyl (C=O) groups is 1. The van der Waals surface area contributed by atoms with Crippen molar-refractivity contribution >= 4 is 54.8 Å². The fourth-order valence-electron chi connectivity index (χ4n) is 3.81. The molecule has 15 nitrogen and oxygen atoms in total. The number of sulfonamides is 2. The Balaban J connectivity index is 2.16. The number of nitrogens with zero attached hydrogens (tertiary/aromatic N) is 2. The predicted molar refractivity (Wildman–Crippen MR) is 162 cm³/mol. The van der Waals surface area contributed by atoms with Crippen molar-refractivity contribution in [1.82, 2.24) is 4.72 Å². The van der Waals surface area contributed by atoms with Crippen LogP contribution in [0, 0.1) is 26.0 Å². The second kappa shape index (κ2) is 13.9. The normalized spacial score (nSPS) is 13.4. The lowest BCUT2D eigenvalue weighted by molar-refractivity contribution is -0.387. The van der Waals surface area contributed by atoms with Crippen molar-refractivity contribution in [2.45, 2.75) is 58.9 Å². The van der Waals surface area contributed by atoms with Gasteiger partial charge in [-0.3, -0.25) is 25.0 Å². The Morgan fingerprint density at radius 3 is 2.09 bits per heavy atom. The van der Waals surface area contributed by atoms with E-state index < -0.39 is 86.3 Å². The number of nitrogens with two attached hydrogens (primary N) is 1. The molecule has 0 bridgehead atoms. The topological polar surface area (TPSA) is 231 Å². The molecule has 0 heterocycles. The molecule has 0 amide bonds. The van der Waals surface area contributed by atoms with Crippen molar-refractivity contribution in [3.8, 4) is 0 Å². The van der Waals surface area contributed by atoms with Gasteiger partial charge in [0.15, 0.2) is 0 Å². The standard InChI is InChI=1S/C26H28FN5O10S3/c1-26(2,3)42-24(33)15-21(29-20-12-10-17(44(28,38)39)13-23(20)32(36)37)25(43-16-7-5-4-6-8-16)30-45(40,41)18-9-11-19(27)22(14-18)31(34)35/h4-14,21,25,29-30H,15H2,1-3H3,(H2,28,38,39). The lowest BCUT2D eigenvalue weighted by Gasteiger charge is -2.30. The van der Waals surface area contributed by atoms with Gasteiger partial charge in [-0.2, -0.15) is 9.11 Å². The highest BCUT2D eigenvalue weighted by Crippen LogP contribution is 2.33. The number of nitro benzene ring substituents is 2. The van der Waals surface area contributed by atoms with E-state index >= 15 is 0 Å². The highest BCUT2D eigenvalue weighted by molar-refractivity contribution is 8.01. The molecule has 0 aliphatic heterocycles. The Morgan fingerprint density at radius 2 is 1.53 bits per heavy atom. The van der Waals surface area contributed by atoms with Gasteiger partial charge in [0.1, 0.15) is 11.3 Å². The number of primary sulfonamides is 1. The number of carbonyl (C=O) groups excluding carboxylic acids is 1. The Bertz CT molecular complexity index is 1820. The maximum absolute atomic E-state index is 14.0. The van der Waals surface area contributed by atoms with Crippen molar-refractivity contribution in [2.24, 2.45) is 5.14 Å². The predicted octanol–water partition coefficient (Wildman–Crippen LogP) is 3.90. The van der Waals surface area contributed by atoms with E-state index in [1.165, 1.54) is 0 Å². The van der Waals surface area contributed by atoms with E-state index in [4.69, 9.17) is 9.88 Å². The van der Waals surface area contributed by atoms with E-state index in [1.807, 2.05) is 0 Å². The summed E-state index contributed by atoms with van der Waals surface area (Å²) in [6.45, 7) is 4.76. The van der Waals surface area contributed by atoms with Crippen LogP contribution in [0.25, 0.3) is 0 Å². The second-order valence-electron chi connectivity index (χ2n) is 10.4. The van der Waals surface area contributed by atoms with E-state index in [1.54, 1.807) is 51.1 Å². The van der Waals surface area contributed by atoms with Gasteiger partial charge in [0.25, 0.3) is 5.69 Å². The molecule has 0 saturated carbocycles. The molecule has 0 radical (unpaired) electrons. The van der Waals surface area contributed by atoms with Crippen molar-refractivity contribution in [1.29, 1.82) is 0 Å². The van der Waals surface area contributed by atoms with Crippen LogP contribution in [0.3, 0.4) is 0 Å².